The molecule has 1 aliphatic rings. The topological polar surface area (TPSA) is 95.7 Å². The Kier molecular flexibility index (Phi) is 5.19. The van der Waals surface area contributed by atoms with Crippen molar-refractivity contribution in [3.05, 3.63) is 17.5 Å². The highest BCUT2D eigenvalue weighted by molar-refractivity contribution is 5.74. The molecular weight excluding hydrogens is 274 g/mol. The van der Waals surface area contributed by atoms with E-state index in [2.05, 4.69) is 10.5 Å². The fourth-order valence-electron chi connectivity index (χ4n) is 2.59. The normalized spacial score (nSPS) is 18.5. The van der Waals surface area contributed by atoms with Crippen LogP contribution in [0.15, 0.2) is 10.6 Å². The van der Waals surface area contributed by atoms with E-state index >= 15 is 0 Å². The van der Waals surface area contributed by atoms with Crippen LogP contribution in [0.5, 0.6) is 0 Å². The molecule has 0 aliphatic carbocycles. The zero-order chi connectivity index (χ0) is 15.2. The zero-order valence-electron chi connectivity index (χ0n) is 12.2. The standard InChI is InChI=1S/C14H21N3O4/c1-10-7-12(21-16-10)8-15-14(20)17-6-2-3-11(9-17)4-5-13(18)19/h7,11H,2-6,8-9H2,1H3,(H,15,20)(H,18,19). The van der Waals surface area contributed by atoms with E-state index < -0.39 is 5.97 Å². The minimum atomic E-state index is -0.780. The van der Waals surface area contributed by atoms with Crippen molar-refractivity contribution in [3.8, 4) is 0 Å². The van der Waals surface area contributed by atoms with Crippen LogP contribution < -0.4 is 5.32 Å². The maximum atomic E-state index is 12.1. The molecule has 0 radical (unpaired) electrons. The summed E-state index contributed by atoms with van der Waals surface area (Å²) in [6.45, 7) is 3.47. The highest BCUT2D eigenvalue weighted by Crippen LogP contribution is 2.21. The van der Waals surface area contributed by atoms with E-state index in [0.29, 0.717) is 31.8 Å². The zero-order valence-corrected chi connectivity index (χ0v) is 12.2. The molecule has 2 heterocycles. The van der Waals surface area contributed by atoms with Crippen molar-refractivity contribution in [2.75, 3.05) is 13.1 Å². The Morgan fingerprint density at radius 2 is 2.38 bits per heavy atom. The highest BCUT2D eigenvalue weighted by atomic mass is 16.5. The largest absolute Gasteiger partial charge is 0.481 e. The van der Waals surface area contributed by atoms with Crippen LogP contribution in [0, 0.1) is 12.8 Å². The molecule has 2 rings (SSSR count). The van der Waals surface area contributed by atoms with Gasteiger partial charge in [0.2, 0.25) is 0 Å². The van der Waals surface area contributed by atoms with Crippen LogP contribution in [0.25, 0.3) is 0 Å². The number of carboxylic acids is 1. The first-order chi connectivity index (χ1) is 10.0. The Morgan fingerprint density at radius 3 is 3.05 bits per heavy atom. The molecule has 1 unspecified atom stereocenters. The van der Waals surface area contributed by atoms with E-state index in [-0.39, 0.29) is 18.4 Å². The Morgan fingerprint density at radius 1 is 1.57 bits per heavy atom. The van der Waals surface area contributed by atoms with Crippen molar-refractivity contribution in [2.24, 2.45) is 5.92 Å². The van der Waals surface area contributed by atoms with Gasteiger partial charge >= 0.3 is 12.0 Å². The summed E-state index contributed by atoms with van der Waals surface area (Å²) < 4.78 is 5.04. The van der Waals surface area contributed by atoms with Crippen LogP contribution in [0.4, 0.5) is 4.79 Å². The molecule has 1 fully saturated rings. The molecule has 0 aromatic carbocycles. The molecule has 1 atom stereocenters. The van der Waals surface area contributed by atoms with Crippen molar-refractivity contribution in [3.63, 3.8) is 0 Å². The van der Waals surface area contributed by atoms with Gasteiger partial charge in [0.15, 0.2) is 5.76 Å². The predicted molar refractivity (Wildman–Crippen MR) is 74.6 cm³/mol. The molecule has 116 valence electrons. The number of amides is 2. The summed E-state index contributed by atoms with van der Waals surface area (Å²) in [7, 11) is 0. The molecule has 21 heavy (non-hydrogen) atoms. The number of rotatable bonds is 5. The van der Waals surface area contributed by atoms with Crippen LogP contribution in [0.3, 0.4) is 0 Å². The van der Waals surface area contributed by atoms with Gasteiger partial charge in [-0.3, -0.25) is 4.79 Å². The van der Waals surface area contributed by atoms with E-state index in [1.54, 1.807) is 11.0 Å². The summed E-state index contributed by atoms with van der Waals surface area (Å²) >= 11 is 0. The van der Waals surface area contributed by atoms with Gasteiger partial charge in [-0.1, -0.05) is 5.16 Å². The summed E-state index contributed by atoms with van der Waals surface area (Å²) in [6.07, 6.45) is 2.69. The molecule has 2 amide bonds. The van der Waals surface area contributed by atoms with Gasteiger partial charge in [0.05, 0.1) is 12.2 Å². The molecule has 7 heteroatoms. The van der Waals surface area contributed by atoms with Gasteiger partial charge in [-0.2, -0.15) is 0 Å². The number of carboxylic acid groups (broad SMARTS) is 1. The molecule has 7 nitrogen and oxygen atoms in total. The van der Waals surface area contributed by atoms with E-state index in [9.17, 15) is 9.59 Å². The van der Waals surface area contributed by atoms with E-state index in [4.69, 9.17) is 9.63 Å². The lowest BCUT2D eigenvalue weighted by atomic mass is 9.93. The summed E-state index contributed by atoms with van der Waals surface area (Å²) in [6, 6.07) is 1.65. The molecule has 1 saturated heterocycles. The molecule has 1 aromatic rings. The second-order valence-electron chi connectivity index (χ2n) is 5.48. The number of aryl methyl sites for hydroxylation is 1. The second-order valence-corrected chi connectivity index (χ2v) is 5.48. The Bertz CT molecular complexity index is 500. The molecule has 1 aliphatic heterocycles. The van der Waals surface area contributed by atoms with Gasteiger partial charge in [-0.15, -0.1) is 0 Å². The number of carbonyl (C=O) groups excluding carboxylic acids is 1. The molecule has 0 saturated carbocycles. The van der Waals surface area contributed by atoms with E-state index in [1.807, 2.05) is 6.92 Å². The SMILES string of the molecule is Cc1cc(CNC(=O)N2CCCC(CCC(=O)O)C2)on1. The quantitative estimate of drug-likeness (QED) is 0.863. The highest BCUT2D eigenvalue weighted by Gasteiger charge is 2.24. The van der Waals surface area contributed by atoms with Crippen LogP contribution in [-0.4, -0.2) is 40.3 Å². The first-order valence-corrected chi connectivity index (χ1v) is 7.21. The van der Waals surface area contributed by atoms with Gasteiger partial charge in [-0.05, 0) is 32.1 Å². The molecule has 1 aromatic heterocycles. The van der Waals surface area contributed by atoms with Crippen LogP contribution in [0.1, 0.15) is 37.1 Å². The smallest absolute Gasteiger partial charge is 0.317 e. The molecular formula is C14H21N3O4. The van der Waals surface area contributed by atoms with Gasteiger partial charge in [-0.25, -0.2) is 4.79 Å². The van der Waals surface area contributed by atoms with Crippen molar-refractivity contribution in [1.29, 1.82) is 0 Å². The Hall–Kier alpha value is -2.05. The minimum Gasteiger partial charge on any atom is -0.481 e. The number of piperidine rings is 1. The lowest BCUT2D eigenvalue weighted by molar-refractivity contribution is -0.137. The lowest BCUT2D eigenvalue weighted by Gasteiger charge is -2.32. The average Bonchev–Trinajstić information content (AvgIpc) is 2.88. The number of carbonyl (C=O) groups is 2. The number of hydrogen-bond acceptors (Lipinski definition) is 4. The number of aromatic nitrogens is 1. The first-order valence-electron chi connectivity index (χ1n) is 7.21. The molecule has 0 spiro atoms. The van der Waals surface area contributed by atoms with Crippen molar-refractivity contribution in [2.45, 2.75) is 39.2 Å². The summed E-state index contributed by atoms with van der Waals surface area (Å²) in [5, 5.41) is 15.3. The summed E-state index contributed by atoms with van der Waals surface area (Å²) in [4.78, 5) is 24.5. The number of nitrogens with one attached hydrogen (secondary N) is 1. The lowest BCUT2D eigenvalue weighted by Crippen LogP contribution is -2.45. The van der Waals surface area contributed by atoms with Crippen molar-refractivity contribution < 1.29 is 19.2 Å². The third-order valence-electron chi connectivity index (χ3n) is 3.66. The van der Waals surface area contributed by atoms with E-state index in [0.717, 1.165) is 18.5 Å². The Balaban J connectivity index is 1.77. The maximum absolute atomic E-state index is 12.1. The summed E-state index contributed by atoms with van der Waals surface area (Å²) in [5.74, 6) is 0.116. The number of hydrogen-bond donors (Lipinski definition) is 2. The molecule has 2 N–H and O–H groups in total. The first kappa shape index (κ1) is 15.3. The average molecular weight is 295 g/mol. The van der Waals surface area contributed by atoms with Crippen LogP contribution in [0.2, 0.25) is 0 Å². The van der Waals surface area contributed by atoms with Crippen molar-refractivity contribution >= 4 is 12.0 Å². The number of aliphatic carboxylic acids is 1. The number of likely N-dealkylation sites (tertiary alicyclic amines) is 1. The van der Waals surface area contributed by atoms with E-state index in [1.165, 1.54) is 0 Å². The fourth-order valence-corrected chi connectivity index (χ4v) is 2.59. The minimum absolute atomic E-state index is 0.135. The van der Waals surface area contributed by atoms with Gasteiger partial charge < -0.3 is 19.8 Å². The van der Waals surface area contributed by atoms with Crippen LogP contribution >= 0.6 is 0 Å². The third kappa shape index (κ3) is 4.77. The molecule has 0 bridgehead atoms. The Labute approximate surface area is 123 Å². The number of urea groups is 1. The third-order valence-corrected chi connectivity index (χ3v) is 3.66. The second kappa shape index (κ2) is 7.10. The van der Waals surface area contributed by atoms with Gasteiger partial charge in [0.1, 0.15) is 0 Å². The fraction of sp³-hybridized carbons (Fsp3) is 0.643. The number of nitrogens with zero attached hydrogens (tertiary/aromatic N) is 2. The summed E-state index contributed by atoms with van der Waals surface area (Å²) in [5.41, 5.74) is 0.783. The monoisotopic (exact) mass is 295 g/mol. The van der Waals surface area contributed by atoms with Gasteiger partial charge in [0, 0.05) is 25.6 Å². The predicted octanol–water partition coefficient (Wildman–Crippen LogP) is 1.77. The van der Waals surface area contributed by atoms with Crippen LogP contribution in [-0.2, 0) is 11.3 Å². The van der Waals surface area contributed by atoms with Crippen molar-refractivity contribution in [1.82, 2.24) is 15.4 Å². The maximum Gasteiger partial charge on any atom is 0.317 e. The van der Waals surface area contributed by atoms with Gasteiger partial charge in [0.25, 0.3) is 0 Å².